The summed E-state index contributed by atoms with van der Waals surface area (Å²) in [6.07, 6.45) is 1.61. The van der Waals surface area contributed by atoms with Gasteiger partial charge in [-0.2, -0.15) is 0 Å². The molecule has 234 valence electrons. The topological polar surface area (TPSA) is 117 Å². The van der Waals surface area contributed by atoms with Crippen molar-refractivity contribution in [2.75, 3.05) is 13.6 Å². The van der Waals surface area contributed by atoms with Crippen LogP contribution < -0.4 is 16.0 Å². The first-order valence-corrected chi connectivity index (χ1v) is 15.4. The molecular weight excluding hydrogens is 544 g/mol. The lowest BCUT2D eigenvalue weighted by Crippen LogP contribution is -2.64. The van der Waals surface area contributed by atoms with Crippen LogP contribution in [-0.4, -0.2) is 59.8 Å². The van der Waals surface area contributed by atoms with Crippen molar-refractivity contribution in [2.24, 2.45) is 11.8 Å². The largest absolute Gasteiger partial charge is 0.445 e. The number of alkyl carbamates (subject to hydrolysis) is 1. The van der Waals surface area contributed by atoms with Gasteiger partial charge in [0.05, 0.1) is 0 Å². The van der Waals surface area contributed by atoms with Gasteiger partial charge in [0.2, 0.25) is 11.8 Å². The molecule has 0 unspecified atom stereocenters. The minimum Gasteiger partial charge on any atom is -0.445 e. The van der Waals surface area contributed by atoms with E-state index in [1.165, 1.54) is 0 Å². The molecule has 0 spiro atoms. The first-order chi connectivity index (χ1) is 20.6. The number of likely N-dealkylation sites (N-methyl/N-ethyl adjacent to an activating group) is 1. The minimum atomic E-state index is -1.42. The third-order valence-electron chi connectivity index (χ3n) is 8.33. The summed E-state index contributed by atoms with van der Waals surface area (Å²) in [6, 6.07) is 17.7. The highest BCUT2D eigenvalue weighted by atomic mass is 16.5. The molecule has 0 aromatic heterocycles. The van der Waals surface area contributed by atoms with Crippen LogP contribution in [0.5, 0.6) is 0 Å². The Balaban J connectivity index is 1.73. The van der Waals surface area contributed by atoms with Crippen LogP contribution in [0.4, 0.5) is 4.79 Å². The smallest absolute Gasteiger partial charge is 0.407 e. The second-order valence-electron chi connectivity index (χ2n) is 12.1. The number of ketones is 1. The molecule has 9 heteroatoms. The molecule has 0 bridgehead atoms. The maximum absolute atomic E-state index is 14.1. The van der Waals surface area contributed by atoms with E-state index in [1.807, 2.05) is 88.4 Å². The number of nitrogens with one attached hydrogen (secondary N) is 3. The van der Waals surface area contributed by atoms with Gasteiger partial charge in [0.15, 0.2) is 11.3 Å². The Kier molecular flexibility index (Phi) is 12.7. The van der Waals surface area contributed by atoms with Gasteiger partial charge in [-0.15, -0.1) is 0 Å². The third-order valence-corrected chi connectivity index (χ3v) is 8.33. The standard InChI is InChI=1S/C34H48N4O5/c1-6-25(4)30(31(40)35-22-26-14-9-7-10-15-26)37-32(41)34(18-13-19-38(34)5)29(39)21-28(20-24(2)3)36-33(42)43-23-27-16-11-8-12-17-27/h7-12,14-17,24-25,28,30H,6,13,18-23H2,1-5H3,(H,35,40)(H,36,42)(H,37,41)/t25-,28-,30-,34-/m0/s1. The predicted molar refractivity (Wildman–Crippen MR) is 167 cm³/mol. The van der Waals surface area contributed by atoms with Gasteiger partial charge in [0, 0.05) is 19.0 Å². The normalized spacial score (nSPS) is 18.8. The number of hydrogen-bond acceptors (Lipinski definition) is 6. The lowest BCUT2D eigenvalue weighted by molar-refractivity contribution is -0.145. The van der Waals surface area contributed by atoms with Crippen molar-refractivity contribution in [3.63, 3.8) is 0 Å². The monoisotopic (exact) mass is 592 g/mol. The van der Waals surface area contributed by atoms with Gasteiger partial charge in [-0.3, -0.25) is 19.3 Å². The van der Waals surface area contributed by atoms with Crippen molar-refractivity contribution in [1.82, 2.24) is 20.9 Å². The number of amides is 3. The lowest BCUT2D eigenvalue weighted by atomic mass is 9.84. The molecule has 2 aromatic carbocycles. The Hall–Kier alpha value is -3.72. The van der Waals surface area contributed by atoms with Crippen LogP contribution in [0.1, 0.15) is 70.9 Å². The number of nitrogens with zero attached hydrogens (tertiary/aromatic N) is 1. The van der Waals surface area contributed by atoms with Crippen LogP contribution >= 0.6 is 0 Å². The Morgan fingerprint density at radius 2 is 1.56 bits per heavy atom. The fourth-order valence-electron chi connectivity index (χ4n) is 5.66. The number of likely N-dealkylation sites (tertiary alicyclic amines) is 1. The number of ether oxygens (including phenoxy) is 1. The summed E-state index contributed by atoms with van der Waals surface area (Å²) < 4.78 is 5.42. The summed E-state index contributed by atoms with van der Waals surface area (Å²) in [5, 5.41) is 8.78. The predicted octanol–water partition coefficient (Wildman–Crippen LogP) is 4.60. The van der Waals surface area contributed by atoms with Gasteiger partial charge in [-0.05, 0) is 55.8 Å². The SMILES string of the molecule is CC[C@H](C)[C@H](NC(=O)[C@@]1(C(=O)C[C@H](CC(C)C)NC(=O)OCc2ccccc2)CCCN1C)C(=O)NCc1ccccc1. The molecule has 3 amide bonds. The van der Waals surface area contributed by atoms with Crippen molar-refractivity contribution >= 4 is 23.7 Å². The molecule has 0 saturated carbocycles. The molecule has 3 rings (SSSR count). The van der Waals surface area contributed by atoms with Gasteiger partial charge >= 0.3 is 6.09 Å². The van der Waals surface area contributed by atoms with Gasteiger partial charge < -0.3 is 20.7 Å². The van der Waals surface area contributed by atoms with Crippen molar-refractivity contribution in [1.29, 1.82) is 0 Å². The number of benzene rings is 2. The highest BCUT2D eigenvalue weighted by molar-refractivity contribution is 6.12. The summed E-state index contributed by atoms with van der Waals surface area (Å²) in [4.78, 5) is 55.9. The van der Waals surface area contributed by atoms with Crippen LogP contribution in [0.15, 0.2) is 60.7 Å². The molecule has 1 heterocycles. The quantitative estimate of drug-likeness (QED) is 0.260. The van der Waals surface area contributed by atoms with Gasteiger partial charge in [0.1, 0.15) is 12.6 Å². The molecular formula is C34H48N4O5. The van der Waals surface area contributed by atoms with Crippen LogP contribution in [0.2, 0.25) is 0 Å². The first-order valence-electron chi connectivity index (χ1n) is 15.4. The second kappa shape index (κ2) is 16.2. The number of rotatable bonds is 15. The van der Waals surface area contributed by atoms with Gasteiger partial charge in [0.25, 0.3) is 0 Å². The van der Waals surface area contributed by atoms with E-state index in [0.717, 1.165) is 11.1 Å². The Morgan fingerprint density at radius 1 is 0.930 bits per heavy atom. The fourth-order valence-corrected chi connectivity index (χ4v) is 5.66. The summed E-state index contributed by atoms with van der Waals surface area (Å²) in [7, 11) is 1.78. The fraction of sp³-hybridized carbons (Fsp3) is 0.529. The molecule has 9 nitrogen and oxygen atoms in total. The van der Waals surface area contributed by atoms with E-state index < -0.39 is 29.6 Å². The maximum atomic E-state index is 14.1. The van der Waals surface area contributed by atoms with Crippen LogP contribution in [0.3, 0.4) is 0 Å². The number of carbonyl (C=O) groups is 4. The zero-order valence-electron chi connectivity index (χ0n) is 26.2. The Morgan fingerprint density at radius 3 is 2.12 bits per heavy atom. The van der Waals surface area contributed by atoms with Crippen LogP contribution in [-0.2, 0) is 32.3 Å². The van der Waals surface area contributed by atoms with Crippen molar-refractivity contribution in [2.45, 2.75) is 90.6 Å². The Bertz CT molecular complexity index is 1210. The number of hydrogen-bond donors (Lipinski definition) is 3. The van der Waals surface area contributed by atoms with Crippen molar-refractivity contribution < 1.29 is 23.9 Å². The van der Waals surface area contributed by atoms with E-state index in [2.05, 4.69) is 16.0 Å². The van der Waals surface area contributed by atoms with Gasteiger partial charge in [-0.25, -0.2) is 4.79 Å². The maximum Gasteiger partial charge on any atom is 0.407 e. The molecule has 43 heavy (non-hydrogen) atoms. The minimum absolute atomic E-state index is 0.0232. The van der Waals surface area contributed by atoms with Crippen LogP contribution in [0, 0.1) is 11.8 Å². The van der Waals surface area contributed by atoms with E-state index in [9.17, 15) is 19.2 Å². The molecule has 3 N–H and O–H groups in total. The highest BCUT2D eigenvalue weighted by Gasteiger charge is 2.52. The van der Waals surface area contributed by atoms with Crippen molar-refractivity contribution in [3.8, 4) is 0 Å². The first kappa shape index (κ1) is 33.8. The number of Topliss-reactive ketones (excluding diaryl/α,β-unsaturated/α-hetero) is 1. The average Bonchev–Trinajstić information content (AvgIpc) is 3.39. The average molecular weight is 593 g/mol. The summed E-state index contributed by atoms with van der Waals surface area (Å²) in [6.45, 7) is 8.96. The molecule has 2 aromatic rings. The van der Waals surface area contributed by atoms with Crippen LogP contribution in [0.25, 0.3) is 0 Å². The number of carbonyl (C=O) groups excluding carboxylic acids is 4. The van der Waals surface area contributed by atoms with Crippen molar-refractivity contribution in [3.05, 3.63) is 71.8 Å². The molecule has 4 atom stereocenters. The van der Waals surface area contributed by atoms with E-state index in [4.69, 9.17) is 4.74 Å². The summed E-state index contributed by atoms with van der Waals surface area (Å²) in [5.41, 5.74) is 0.398. The van der Waals surface area contributed by atoms with E-state index in [1.54, 1.807) is 11.9 Å². The van der Waals surface area contributed by atoms with E-state index in [-0.39, 0.29) is 36.6 Å². The summed E-state index contributed by atoms with van der Waals surface area (Å²) in [5.74, 6) is -0.968. The zero-order valence-corrected chi connectivity index (χ0v) is 26.2. The van der Waals surface area contributed by atoms with Gasteiger partial charge in [-0.1, -0.05) is 94.8 Å². The highest BCUT2D eigenvalue weighted by Crippen LogP contribution is 2.32. The second-order valence-corrected chi connectivity index (χ2v) is 12.1. The Labute approximate surface area is 256 Å². The molecule has 1 aliphatic heterocycles. The molecule has 0 aliphatic carbocycles. The molecule has 1 aliphatic rings. The molecule has 1 saturated heterocycles. The van der Waals surface area contributed by atoms with E-state index in [0.29, 0.717) is 38.8 Å². The van der Waals surface area contributed by atoms with E-state index >= 15 is 0 Å². The lowest BCUT2D eigenvalue weighted by Gasteiger charge is -2.36. The zero-order chi connectivity index (χ0) is 31.4. The third kappa shape index (κ3) is 9.38. The molecule has 1 fully saturated rings. The molecule has 0 radical (unpaired) electrons. The summed E-state index contributed by atoms with van der Waals surface area (Å²) >= 11 is 0.